The van der Waals surface area contributed by atoms with E-state index in [4.69, 9.17) is 4.74 Å². The Balaban J connectivity index is 3.00. The minimum absolute atomic E-state index is 0.177. The molecule has 0 aromatic heterocycles. The van der Waals surface area contributed by atoms with E-state index in [0.29, 0.717) is 18.8 Å². The van der Waals surface area contributed by atoms with Gasteiger partial charge in [-0.3, -0.25) is 0 Å². The molecule has 0 spiro atoms. The van der Waals surface area contributed by atoms with Gasteiger partial charge in [0.2, 0.25) is 10.0 Å². The van der Waals surface area contributed by atoms with Crippen molar-refractivity contribution >= 4 is 10.0 Å². The van der Waals surface area contributed by atoms with E-state index in [9.17, 15) is 8.42 Å². The molecule has 0 aliphatic carbocycles. The maximum absolute atomic E-state index is 12.0. The van der Waals surface area contributed by atoms with Crippen molar-refractivity contribution in [2.45, 2.75) is 11.8 Å². The van der Waals surface area contributed by atoms with Crippen LogP contribution in [0.1, 0.15) is 5.56 Å². The van der Waals surface area contributed by atoms with Crippen LogP contribution in [0.3, 0.4) is 0 Å². The van der Waals surface area contributed by atoms with Gasteiger partial charge >= 0.3 is 0 Å². The molecule has 0 bridgehead atoms. The average molecular weight is 258 g/mol. The van der Waals surface area contributed by atoms with Crippen LogP contribution < -0.4 is 14.8 Å². The third-order valence-corrected chi connectivity index (χ3v) is 3.76. The van der Waals surface area contributed by atoms with Gasteiger partial charge in [-0.05, 0) is 31.7 Å². The fraction of sp³-hybridized carbons (Fsp3) is 0.455. The largest absolute Gasteiger partial charge is 0.495 e. The van der Waals surface area contributed by atoms with Crippen molar-refractivity contribution in [1.82, 2.24) is 10.0 Å². The fourth-order valence-electron chi connectivity index (χ4n) is 1.38. The lowest BCUT2D eigenvalue weighted by Gasteiger charge is -2.11. The van der Waals surface area contributed by atoms with Gasteiger partial charge in [-0.25, -0.2) is 13.1 Å². The molecule has 17 heavy (non-hydrogen) atoms. The van der Waals surface area contributed by atoms with E-state index in [1.165, 1.54) is 7.11 Å². The number of aryl methyl sites for hydroxylation is 1. The SMILES string of the molecule is CNCCNS(=O)(=O)c1cc(C)ccc1OC. The summed E-state index contributed by atoms with van der Waals surface area (Å²) < 4.78 is 31.6. The summed E-state index contributed by atoms with van der Waals surface area (Å²) in [6.45, 7) is 2.76. The Hall–Kier alpha value is -1.11. The monoisotopic (exact) mass is 258 g/mol. The van der Waals surface area contributed by atoms with Gasteiger partial charge in [0.25, 0.3) is 0 Å². The average Bonchev–Trinajstić information content (AvgIpc) is 2.29. The van der Waals surface area contributed by atoms with Crippen LogP contribution in [0.4, 0.5) is 0 Å². The molecular formula is C11H18N2O3S. The van der Waals surface area contributed by atoms with Crippen LogP contribution in [0.5, 0.6) is 5.75 Å². The lowest BCUT2D eigenvalue weighted by Crippen LogP contribution is -2.30. The second-order valence-corrected chi connectivity index (χ2v) is 5.39. The van der Waals surface area contributed by atoms with Crippen LogP contribution in [0.25, 0.3) is 0 Å². The highest BCUT2D eigenvalue weighted by molar-refractivity contribution is 7.89. The summed E-state index contributed by atoms with van der Waals surface area (Å²) in [6, 6.07) is 5.06. The Morgan fingerprint density at radius 3 is 2.59 bits per heavy atom. The highest BCUT2D eigenvalue weighted by Gasteiger charge is 2.18. The van der Waals surface area contributed by atoms with E-state index in [1.54, 1.807) is 19.2 Å². The molecule has 0 aliphatic rings. The number of hydrogen-bond donors (Lipinski definition) is 2. The summed E-state index contributed by atoms with van der Waals surface area (Å²) in [4.78, 5) is 0.177. The molecule has 6 heteroatoms. The third-order valence-electron chi connectivity index (χ3n) is 2.28. The smallest absolute Gasteiger partial charge is 0.244 e. The molecule has 0 heterocycles. The molecule has 1 rings (SSSR count). The molecule has 5 nitrogen and oxygen atoms in total. The van der Waals surface area contributed by atoms with Crippen molar-refractivity contribution in [3.8, 4) is 5.75 Å². The van der Waals surface area contributed by atoms with Crippen molar-refractivity contribution in [3.05, 3.63) is 23.8 Å². The minimum Gasteiger partial charge on any atom is -0.495 e. The highest BCUT2D eigenvalue weighted by Crippen LogP contribution is 2.24. The third kappa shape index (κ3) is 3.69. The van der Waals surface area contributed by atoms with E-state index < -0.39 is 10.0 Å². The second-order valence-electron chi connectivity index (χ2n) is 3.66. The van der Waals surface area contributed by atoms with Crippen LogP contribution in [0.2, 0.25) is 0 Å². The fourth-order valence-corrected chi connectivity index (χ4v) is 2.67. The summed E-state index contributed by atoms with van der Waals surface area (Å²) in [5, 5.41) is 2.87. The molecule has 0 radical (unpaired) electrons. The van der Waals surface area contributed by atoms with Gasteiger partial charge in [0.1, 0.15) is 10.6 Å². The number of hydrogen-bond acceptors (Lipinski definition) is 4. The number of ether oxygens (including phenoxy) is 1. The maximum Gasteiger partial charge on any atom is 0.244 e. The van der Waals surface area contributed by atoms with Crippen LogP contribution in [-0.2, 0) is 10.0 Å². The molecule has 0 unspecified atom stereocenters. The van der Waals surface area contributed by atoms with Gasteiger partial charge in [-0.15, -0.1) is 0 Å². The molecule has 2 N–H and O–H groups in total. The van der Waals surface area contributed by atoms with Crippen LogP contribution in [-0.4, -0.2) is 35.7 Å². The van der Waals surface area contributed by atoms with Gasteiger partial charge in [-0.2, -0.15) is 0 Å². The van der Waals surface area contributed by atoms with Crippen molar-refractivity contribution < 1.29 is 13.2 Å². The first-order valence-electron chi connectivity index (χ1n) is 5.30. The Bertz CT molecular complexity index is 472. The van der Waals surface area contributed by atoms with Gasteiger partial charge in [0, 0.05) is 13.1 Å². The second kappa shape index (κ2) is 6.00. The van der Waals surface area contributed by atoms with E-state index >= 15 is 0 Å². The van der Waals surface area contributed by atoms with Crippen molar-refractivity contribution in [3.63, 3.8) is 0 Å². The lowest BCUT2D eigenvalue weighted by molar-refractivity contribution is 0.402. The van der Waals surface area contributed by atoms with E-state index in [1.807, 2.05) is 13.0 Å². The molecule has 0 fully saturated rings. The Morgan fingerprint density at radius 2 is 2.00 bits per heavy atom. The molecule has 0 atom stereocenters. The molecule has 0 amide bonds. The topological polar surface area (TPSA) is 67.4 Å². The maximum atomic E-state index is 12.0. The number of methoxy groups -OCH3 is 1. The molecule has 96 valence electrons. The number of sulfonamides is 1. The first-order chi connectivity index (χ1) is 8.01. The van der Waals surface area contributed by atoms with Gasteiger partial charge < -0.3 is 10.1 Å². The number of likely N-dealkylation sites (N-methyl/N-ethyl adjacent to an activating group) is 1. The quantitative estimate of drug-likeness (QED) is 0.729. The summed E-state index contributed by atoms with van der Waals surface area (Å²) in [7, 11) is -0.292. The molecule has 0 saturated carbocycles. The van der Waals surface area contributed by atoms with Gasteiger partial charge in [0.15, 0.2) is 0 Å². The number of nitrogens with one attached hydrogen (secondary N) is 2. The van der Waals surface area contributed by atoms with E-state index in [0.717, 1.165) is 5.56 Å². The van der Waals surface area contributed by atoms with Gasteiger partial charge in [-0.1, -0.05) is 6.07 Å². The lowest BCUT2D eigenvalue weighted by atomic mass is 10.2. The van der Waals surface area contributed by atoms with Crippen molar-refractivity contribution in [2.75, 3.05) is 27.2 Å². The molecule has 0 aliphatic heterocycles. The predicted molar refractivity (Wildman–Crippen MR) is 66.8 cm³/mol. The zero-order chi connectivity index (χ0) is 12.9. The summed E-state index contributed by atoms with van der Waals surface area (Å²) in [5.74, 6) is 0.354. The Morgan fingerprint density at radius 1 is 1.29 bits per heavy atom. The Labute approximate surface area is 102 Å². The minimum atomic E-state index is -3.51. The van der Waals surface area contributed by atoms with E-state index in [2.05, 4.69) is 10.0 Å². The van der Waals surface area contributed by atoms with E-state index in [-0.39, 0.29) is 4.90 Å². The predicted octanol–water partition coefficient (Wildman–Crippen LogP) is 0.501. The van der Waals surface area contributed by atoms with Crippen LogP contribution >= 0.6 is 0 Å². The van der Waals surface area contributed by atoms with Crippen molar-refractivity contribution in [2.24, 2.45) is 0 Å². The highest BCUT2D eigenvalue weighted by atomic mass is 32.2. The first-order valence-corrected chi connectivity index (χ1v) is 6.78. The molecular weight excluding hydrogens is 240 g/mol. The molecule has 1 aromatic carbocycles. The molecule has 0 saturated heterocycles. The number of benzene rings is 1. The summed E-state index contributed by atoms with van der Waals surface area (Å²) in [6.07, 6.45) is 0. The van der Waals surface area contributed by atoms with Crippen LogP contribution in [0, 0.1) is 6.92 Å². The number of rotatable bonds is 6. The normalized spacial score (nSPS) is 11.5. The zero-order valence-corrected chi connectivity index (χ0v) is 11.1. The summed E-state index contributed by atoms with van der Waals surface area (Å²) >= 11 is 0. The zero-order valence-electron chi connectivity index (χ0n) is 10.3. The standard InChI is InChI=1S/C11H18N2O3S/c1-9-4-5-10(16-3)11(8-9)17(14,15)13-7-6-12-2/h4-5,8,12-13H,6-7H2,1-3H3. The first kappa shape index (κ1) is 14.0. The molecule has 1 aromatic rings. The van der Waals surface area contributed by atoms with Crippen LogP contribution in [0.15, 0.2) is 23.1 Å². The summed E-state index contributed by atoms with van der Waals surface area (Å²) in [5.41, 5.74) is 0.875. The van der Waals surface area contributed by atoms with Crippen molar-refractivity contribution in [1.29, 1.82) is 0 Å². The van der Waals surface area contributed by atoms with Gasteiger partial charge in [0.05, 0.1) is 7.11 Å². The Kier molecular flexibility index (Phi) is 4.92.